The number of nitrogens with one attached hydrogen (secondary N) is 1. The number of nitriles is 1. The Hall–Kier alpha value is -3.64. The molecule has 204 valence electrons. The van der Waals surface area contributed by atoms with Gasteiger partial charge < -0.3 is 19.7 Å². The molecule has 1 aliphatic carbocycles. The molecule has 1 saturated carbocycles. The Kier molecular flexibility index (Phi) is 6.07. The maximum Gasteiger partial charge on any atom is 0.335 e. The second-order valence-electron chi connectivity index (χ2n) is 11.6. The molecule has 0 unspecified atom stereocenters. The lowest BCUT2D eigenvalue weighted by atomic mass is 9.58. The zero-order valence-electron chi connectivity index (χ0n) is 22.1. The Morgan fingerprint density at radius 1 is 1.26 bits per heavy atom. The highest BCUT2D eigenvalue weighted by Gasteiger charge is 2.58. The standard InChI is InChI=1S/C30H32F2N4O3/c1-18-9-26(39-2)23(21-5-7-34-27(18)21)15-35-8-6-29(16-30(31,32)17-29)11-25(35)22-4-3-20(28(37)38)10-24(22)36-13-19(12-33)14-36/h3-5,7,9-10,19,25,34H,6,8,11,13-17H2,1-2H3,(H,37,38)/t25-/m0/s1. The molecule has 1 aromatic heterocycles. The number of fused-ring (bicyclic) bond motifs is 1. The lowest BCUT2D eigenvalue weighted by molar-refractivity contribution is -0.186. The van der Waals surface area contributed by atoms with Crippen LogP contribution < -0.4 is 9.64 Å². The van der Waals surface area contributed by atoms with Crippen LogP contribution in [0.5, 0.6) is 5.75 Å². The number of ether oxygens (including phenoxy) is 1. The van der Waals surface area contributed by atoms with E-state index >= 15 is 0 Å². The number of likely N-dealkylation sites (tertiary alicyclic amines) is 1. The van der Waals surface area contributed by atoms with E-state index in [0.29, 0.717) is 39.0 Å². The SMILES string of the molecule is COc1cc(C)c2[nH]ccc2c1CN1CCC2(C[C@H]1c1ccc(C(=O)O)cc1N1CC(C#N)C1)CC(F)(F)C2. The van der Waals surface area contributed by atoms with E-state index in [-0.39, 0.29) is 30.4 Å². The summed E-state index contributed by atoms with van der Waals surface area (Å²) in [5.41, 5.74) is 4.62. The fourth-order valence-corrected chi connectivity index (χ4v) is 7.01. The fourth-order valence-electron chi connectivity index (χ4n) is 7.01. The molecule has 3 aliphatic rings. The summed E-state index contributed by atoms with van der Waals surface area (Å²) in [5, 5.41) is 20.1. The monoisotopic (exact) mass is 534 g/mol. The van der Waals surface area contributed by atoms with E-state index < -0.39 is 17.3 Å². The van der Waals surface area contributed by atoms with Crippen molar-refractivity contribution in [2.45, 2.75) is 51.1 Å². The Labute approximate surface area is 226 Å². The minimum atomic E-state index is -2.63. The number of H-pyrrole nitrogens is 1. The summed E-state index contributed by atoms with van der Waals surface area (Å²) in [4.78, 5) is 19.5. The summed E-state index contributed by atoms with van der Waals surface area (Å²) in [6, 6.07) is 11.3. The van der Waals surface area contributed by atoms with Gasteiger partial charge in [-0.15, -0.1) is 0 Å². The zero-order chi connectivity index (χ0) is 27.5. The number of hydrogen-bond acceptors (Lipinski definition) is 5. The number of piperidine rings is 1. The van der Waals surface area contributed by atoms with Gasteiger partial charge in [-0.05, 0) is 67.1 Å². The molecular formula is C30H32F2N4O3. The molecule has 1 spiro atoms. The molecule has 1 atom stereocenters. The van der Waals surface area contributed by atoms with E-state index in [1.54, 1.807) is 19.2 Å². The molecule has 2 saturated heterocycles. The van der Waals surface area contributed by atoms with Crippen LogP contribution in [-0.2, 0) is 6.54 Å². The predicted octanol–water partition coefficient (Wildman–Crippen LogP) is 5.90. The summed E-state index contributed by atoms with van der Waals surface area (Å²) in [7, 11) is 1.66. The number of benzene rings is 2. The molecule has 2 aliphatic heterocycles. The predicted molar refractivity (Wildman–Crippen MR) is 143 cm³/mol. The van der Waals surface area contributed by atoms with E-state index in [1.165, 1.54) is 0 Å². The smallest absolute Gasteiger partial charge is 0.335 e. The van der Waals surface area contributed by atoms with Crippen LogP contribution in [0, 0.1) is 29.6 Å². The molecule has 0 amide bonds. The molecule has 9 heteroatoms. The molecule has 2 N–H and O–H groups in total. The highest BCUT2D eigenvalue weighted by atomic mass is 19.3. The number of hydrogen-bond donors (Lipinski definition) is 2. The van der Waals surface area contributed by atoms with E-state index in [0.717, 1.165) is 39.0 Å². The first kappa shape index (κ1) is 25.6. The van der Waals surface area contributed by atoms with Gasteiger partial charge in [-0.1, -0.05) is 6.07 Å². The van der Waals surface area contributed by atoms with Crippen molar-refractivity contribution in [3.8, 4) is 11.8 Å². The summed E-state index contributed by atoms with van der Waals surface area (Å²) >= 11 is 0. The van der Waals surface area contributed by atoms with Crippen LogP contribution >= 0.6 is 0 Å². The number of alkyl halides is 2. The number of aromatic carboxylic acids is 1. The lowest BCUT2D eigenvalue weighted by Gasteiger charge is -2.55. The van der Waals surface area contributed by atoms with E-state index in [9.17, 15) is 23.9 Å². The Morgan fingerprint density at radius 2 is 2.03 bits per heavy atom. The van der Waals surface area contributed by atoms with Crippen LogP contribution in [0.25, 0.3) is 10.9 Å². The van der Waals surface area contributed by atoms with Gasteiger partial charge in [0.05, 0.1) is 24.7 Å². The first-order chi connectivity index (χ1) is 18.6. The largest absolute Gasteiger partial charge is 0.496 e. The number of aromatic amines is 1. The van der Waals surface area contributed by atoms with Crippen LogP contribution in [-0.4, -0.2) is 53.6 Å². The lowest BCUT2D eigenvalue weighted by Crippen LogP contribution is -2.53. The third-order valence-electron chi connectivity index (χ3n) is 9.00. The molecule has 3 fully saturated rings. The number of carbonyl (C=O) groups is 1. The maximum atomic E-state index is 14.2. The van der Waals surface area contributed by atoms with Crippen molar-refractivity contribution < 1.29 is 23.4 Å². The summed E-state index contributed by atoms with van der Waals surface area (Å²) < 4.78 is 34.1. The topological polar surface area (TPSA) is 92.6 Å². The molecule has 7 nitrogen and oxygen atoms in total. The van der Waals surface area contributed by atoms with Crippen molar-refractivity contribution in [3.63, 3.8) is 0 Å². The highest BCUT2D eigenvalue weighted by molar-refractivity contribution is 5.90. The number of nitrogens with zero attached hydrogens (tertiary/aromatic N) is 3. The molecule has 6 rings (SSSR count). The zero-order valence-corrected chi connectivity index (χ0v) is 22.1. The average Bonchev–Trinajstić information content (AvgIpc) is 3.35. The van der Waals surface area contributed by atoms with Crippen molar-refractivity contribution in [2.24, 2.45) is 11.3 Å². The maximum absolute atomic E-state index is 14.2. The van der Waals surface area contributed by atoms with Gasteiger partial charge in [0.25, 0.3) is 0 Å². The van der Waals surface area contributed by atoms with Crippen molar-refractivity contribution in [3.05, 3.63) is 58.8 Å². The van der Waals surface area contributed by atoms with Crippen LogP contribution in [0.4, 0.5) is 14.5 Å². The van der Waals surface area contributed by atoms with Gasteiger partial charge in [0.15, 0.2) is 0 Å². The van der Waals surface area contributed by atoms with Gasteiger partial charge in [-0.25, -0.2) is 13.6 Å². The molecular weight excluding hydrogens is 502 g/mol. The van der Waals surface area contributed by atoms with E-state index in [4.69, 9.17) is 4.74 Å². The van der Waals surface area contributed by atoms with Gasteiger partial charge in [0.2, 0.25) is 5.92 Å². The van der Waals surface area contributed by atoms with Crippen molar-refractivity contribution in [1.82, 2.24) is 9.88 Å². The highest BCUT2D eigenvalue weighted by Crippen LogP contribution is 2.61. The number of aryl methyl sites for hydroxylation is 1. The Balaban J connectivity index is 1.42. The molecule has 2 aromatic carbocycles. The number of halogens is 2. The normalized spacial score (nSPS) is 22.3. The van der Waals surface area contributed by atoms with Crippen LogP contribution in [0.3, 0.4) is 0 Å². The second kappa shape index (κ2) is 9.23. The van der Waals surface area contributed by atoms with E-state index in [2.05, 4.69) is 16.0 Å². The second-order valence-corrected chi connectivity index (χ2v) is 11.6. The van der Waals surface area contributed by atoms with Crippen LogP contribution in [0.1, 0.15) is 58.8 Å². The van der Waals surface area contributed by atoms with Gasteiger partial charge >= 0.3 is 5.97 Å². The Bertz CT molecular complexity index is 1480. The first-order valence-electron chi connectivity index (χ1n) is 13.4. The number of anilines is 1. The summed E-state index contributed by atoms with van der Waals surface area (Å²) in [5.74, 6) is -2.97. The minimum Gasteiger partial charge on any atom is -0.496 e. The molecule has 0 radical (unpaired) electrons. The average molecular weight is 535 g/mol. The Morgan fingerprint density at radius 3 is 2.69 bits per heavy atom. The first-order valence-corrected chi connectivity index (χ1v) is 13.4. The number of carboxylic acid groups (broad SMARTS) is 1. The molecule has 3 heterocycles. The fraction of sp³-hybridized carbons (Fsp3) is 0.467. The molecule has 3 aromatic rings. The van der Waals surface area contributed by atoms with Gasteiger partial charge in [-0.3, -0.25) is 4.90 Å². The summed E-state index contributed by atoms with van der Waals surface area (Å²) in [6.45, 7) is 4.30. The van der Waals surface area contributed by atoms with Gasteiger partial charge in [-0.2, -0.15) is 5.26 Å². The van der Waals surface area contributed by atoms with Gasteiger partial charge in [0.1, 0.15) is 5.75 Å². The number of rotatable bonds is 6. The third-order valence-corrected chi connectivity index (χ3v) is 9.00. The minimum absolute atomic E-state index is 0.107. The quantitative estimate of drug-likeness (QED) is 0.409. The van der Waals surface area contributed by atoms with Crippen molar-refractivity contribution >= 4 is 22.6 Å². The van der Waals surface area contributed by atoms with Crippen LogP contribution in [0.2, 0.25) is 0 Å². The molecule has 39 heavy (non-hydrogen) atoms. The number of aromatic nitrogens is 1. The number of carboxylic acids is 1. The summed E-state index contributed by atoms with van der Waals surface area (Å²) in [6.07, 6.45) is 2.96. The third kappa shape index (κ3) is 4.41. The van der Waals surface area contributed by atoms with E-state index in [1.807, 2.05) is 36.2 Å². The number of methoxy groups -OCH3 is 1. The van der Waals surface area contributed by atoms with Crippen molar-refractivity contribution in [1.29, 1.82) is 5.26 Å². The van der Waals surface area contributed by atoms with Crippen LogP contribution in [0.15, 0.2) is 36.5 Å². The molecule has 0 bridgehead atoms. The van der Waals surface area contributed by atoms with Gasteiger partial charge in [0, 0.05) is 66.9 Å². The van der Waals surface area contributed by atoms with Crippen molar-refractivity contribution in [2.75, 3.05) is 31.6 Å².